The summed E-state index contributed by atoms with van der Waals surface area (Å²) in [6.45, 7) is 69.4. The minimum absolute atomic E-state index is 0.0877. The van der Waals surface area contributed by atoms with Crippen molar-refractivity contribution in [2.75, 3.05) is 0 Å². The summed E-state index contributed by atoms with van der Waals surface area (Å²) in [5.41, 5.74) is 48.0. The highest BCUT2D eigenvalue weighted by atomic mass is 14.3. The van der Waals surface area contributed by atoms with Crippen LogP contribution in [-0.4, -0.2) is 0 Å². The average Bonchev–Trinajstić information content (AvgIpc) is 0.747. The second-order valence-electron chi connectivity index (χ2n) is 48.0. The number of unbranched alkanes of at least 4 members (excludes halogenated alkanes) is 3. The molecule has 0 aromatic heterocycles. The summed E-state index contributed by atoms with van der Waals surface area (Å²) >= 11 is 0. The first kappa shape index (κ1) is 111. The van der Waals surface area contributed by atoms with Crippen LogP contribution < -0.4 is 0 Å². The molecule has 0 radical (unpaired) electrons. The number of benzene rings is 19. The maximum absolute atomic E-state index is 2.41. The van der Waals surface area contributed by atoms with Gasteiger partial charge in [-0.3, -0.25) is 0 Å². The molecule has 149 heavy (non-hydrogen) atoms. The summed E-state index contributed by atoms with van der Waals surface area (Å²) in [4.78, 5) is 0. The normalized spacial score (nSPS) is 11.9. The Hall–Kier alpha value is -13.3. The molecule has 0 fully saturated rings. The van der Waals surface area contributed by atoms with Gasteiger partial charge in [-0.05, 0) is 415 Å². The zero-order valence-electron chi connectivity index (χ0n) is 96.5. The van der Waals surface area contributed by atoms with Gasteiger partial charge in [-0.2, -0.15) is 0 Å². The highest BCUT2D eigenvalue weighted by molar-refractivity contribution is 6.07. The van der Waals surface area contributed by atoms with E-state index in [2.05, 4.69) is 542 Å². The van der Waals surface area contributed by atoms with Crippen LogP contribution in [0, 0.1) is 110 Å². The molecule has 0 heterocycles. The van der Waals surface area contributed by atoms with E-state index >= 15 is 0 Å². The van der Waals surface area contributed by atoms with Crippen LogP contribution in [0.1, 0.15) is 285 Å². The summed E-state index contributed by atoms with van der Waals surface area (Å²) in [7, 11) is 0. The Morgan fingerprint density at radius 3 is 0.879 bits per heavy atom. The molecule has 0 spiro atoms. The van der Waals surface area contributed by atoms with Crippen molar-refractivity contribution < 1.29 is 0 Å². The quantitative estimate of drug-likeness (QED) is 0.0757. The van der Waals surface area contributed by atoms with Crippen molar-refractivity contribution in [3.8, 4) is 77.9 Å². The van der Waals surface area contributed by atoms with Gasteiger partial charge in [-0.25, -0.2) is 0 Å². The van der Waals surface area contributed by atoms with Crippen molar-refractivity contribution >= 4 is 64.6 Å². The van der Waals surface area contributed by atoms with Crippen LogP contribution in [-0.2, 0) is 40.9 Å². The fourth-order valence-corrected chi connectivity index (χ4v) is 21.9. The fraction of sp³-hybridized carbons (Fsp3) is 0.315. The van der Waals surface area contributed by atoms with E-state index in [1.807, 2.05) is 0 Å². The zero-order valence-corrected chi connectivity index (χ0v) is 96.5. The Morgan fingerprint density at radius 1 is 0.195 bits per heavy atom. The number of hydrogen-bond acceptors (Lipinski definition) is 0. The highest BCUT2D eigenvalue weighted by Crippen LogP contribution is 2.46. The summed E-state index contributed by atoms with van der Waals surface area (Å²) in [5, 5.41) is 16.6. The molecule has 0 amide bonds. The van der Waals surface area contributed by atoms with E-state index in [9.17, 15) is 0 Å². The molecular formula is C149H170. The van der Waals surface area contributed by atoms with Gasteiger partial charge >= 0.3 is 0 Å². The first-order valence-corrected chi connectivity index (χ1v) is 55.6. The average molecular weight is 1960 g/mol. The molecule has 0 saturated carbocycles. The molecule has 1 unspecified atom stereocenters. The summed E-state index contributed by atoms with van der Waals surface area (Å²) in [5.74, 6) is 0.834. The van der Waals surface area contributed by atoms with E-state index in [4.69, 9.17) is 0 Å². The minimum Gasteiger partial charge on any atom is -0.0654 e. The molecule has 0 heteroatoms. The first-order chi connectivity index (χ1) is 70.8. The van der Waals surface area contributed by atoms with Crippen molar-refractivity contribution in [1.82, 2.24) is 0 Å². The molecule has 19 aromatic carbocycles. The maximum atomic E-state index is 2.41. The molecule has 0 nitrogen and oxygen atoms in total. The van der Waals surface area contributed by atoms with Crippen LogP contribution in [0.25, 0.3) is 143 Å². The van der Waals surface area contributed by atoms with Gasteiger partial charge in [0.15, 0.2) is 0 Å². The smallest absolute Gasteiger partial charge is 0.00761 e. The van der Waals surface area contributed by atoms with Crippen molar-refractivity contribution in [3.63, 3.8) is 0 Å². The molecule has 19 aromatic rings. The molecule has 0 aliphatic carbocycles. The molecule has 0 bridgehead atoms. The van der Waals surface area contributed by atoms with Crippen molar-refractivity contribution in [1.29, 1.82) is 0 Å². The van der Waals surface area contributed by atoms with Crippen LogP contribution >= 0.6 is 0 Å². The lowest BCUT2D eigenvalue weighted by molar-refractivity contribution is 0.450. The van der Waals surface area contributed by atoms with E-state index in [0.717, 1.165) is 5.92 Å². The van der Waals surface area contributed by atoms with Gasteiger partial charge in [0.2, 0.25) is 0 Å². The second kappa shape index (κ2) is 48.6. The predicted molar refractivity (Wildman–Crippen MR) is 662 cm³/mol. The zero-order chi connectivity index (χ0) is 107. The third kappa shape index (κ3) is 28.5. The molecular weight excluding hydrogens is 1790 g/mol. The lowest BCUT2D eigenvalue weighted by Gasteiger charge is -2.21. The lowest BCUT2D eigenvalue weighted by atomic mass is 9.84. The largest absolute Gasteiger partial charge is 0.0654 e. The molecule has 766 valence electrons. The van der Waals surface area contributed by atoms with Crippen LogP contribution in [0.15, 0.2) is 328 Å². The number of fused-ring (bicyclic) bond motifs is 6. The Morgan fingerprint density at radius 2 is 0.490 bits per heavy atom. The standard InChI is InChI=1S/C64H68.2C20H28.C18H16.C14H16.C13H14/c1-41-31-57(51-37-47(43-15-23-53(24-16-43)61(3,4)5)35-48(38-51)44-17-25-54(26-18-44)62(6,7)8)60-34-42(2)32-58(59(60)33-41)52-39-49(45-19-27-55(28-20-45)63(9,10)11)36-50(40-52)46-21-29-56(30-22-46)64(12,13)14;1-5-7-8-17(6-2)14-19-12-16(4)11-18-10-9-15(3)13-20(18)19;1-5-7-9-17-11-15(3)14-20-18(10-8-6-2)12-16(4)13-19(17)20;1-13-8-11-17-16(12-13)10-9-14(2)18(17)15-6-4-3-5-7-15;1-9-5-11(3)14-8-10(2)6-12(4)13(14)7-9;1-9-4-5-12-7-10(2)6-11(3)13(12)8-9/h15-40H,1-14H3;9-13,17H,5-8,14H2,1-4H3;11-14H,5-10H2,1-4H3;3-12H,1-2H3;5-8H,1-4H3;4-8H,1-3H3. The topological polar surface area (TPSA) is 0 Å². The Labute approximate surface area is 898 Å². The number of aryl methyl sites for hydroxylation is 17. The predicted octanol–water partition coefficient (Wildman–Crippen LogP) is 44.0. The summed E-state index contributed by atoms with van der Waals surface area (Å²) < 4.78 is 0. The van der Waals surface area contributed by atoms with Crippen molar-refractivity contribution in [3.05, 3.63) is 450 Å². The van der Waals surface area contributed by atoms with Crippen molar-refractivity contribution in [2.24, 2.45) is 5.92 Å². The Kier molecular flexibility index (Phi) is 36.3. The minimum atomic E-state index is 0.0877. The van der Waals surface area contributed by atoms with Gasteiger partial charge in [0.05, 0.1) is 0 Å². The van der Waals surface area contributed by atoms with E-state index in [-0.39, 0.29) is 21.7 Å². The monoisotopic (exact) mass is 1960 g/mol. The molecule has 0 saturated heterocycles. The lowest BCUT2D eigenvalue weighted by Crippen LogP contribution is -2.10. The van der Waals surface area contributed by atoms with Gasteiger partial charge in [0.1, 0.15) is 0 Å². The molecule has 19 rings (SSSR count). The third-order valence-electron chi connectivity index (χ3n) is 30.4. The van der Waals surface area contributed by atoms with Crippen LogP contribution in [0.5, 0.6) is 0 Å². The van der Waals surface area contributed by atoms with Crippen molar-refractivity contribution in [2.45, 2.75) is 307 Å². The van der Waals surface area contributed by atoms with Gasteiger partial charge < -0.3 is 0 Å². The Balaban J connectivity index is 0.000000165. The highest BCUT2D eigenvalue weighted by Gasteiger charge is 2.24. The SMILES string of the molecule is CCCCC(CC)Cc1cc(C)cc2ccc(C)cc12.CCCCc1cc(C)cc2c(CCCC)cc(C)cc12.Cc1cc(-c2cc(-c3ccc(C(C)(C)C)cc3)cc(-c3ccc(C(C)(C)C)cc3)c2)c2cc(C)cc(-c3cc(-c4ccc(C(C)(C)C)cc4)cc(-c4ccc(C(C)(C)C)cc4)c3)c2c1.Cc1cc(C)c2cc(C)cc(C)c2c1.Cc1cc(C)c2cc(C)ccc2c1.Cc1ccc2c(-c3ccccc3)c(C)ccc2c1. The molecule has 0 aliphatic heterocycles. The first-order valence-electron chi connectivity index (χ1n) is 55.6. The van der Waals surface area contributed by atoms with E-state index in [1.54, 1.807) is 16.7 Å². The van der Waals surface area contributed by atoms with Crippen LogP contribution in [0.2, 0.25) is 0 Å². The summed E-state index contributed by atoms with van der Waals surface area (Å²) in [6, 6.07) is 124. The maximum Gasteiger partial charge on any atom is -0.00761 e. The molecule has 0 N–H and O–H groups in total. The van der Waals surface area contributed by atoms with Gasteiger partial charge in [0.25, 0.3) is 0 Å². The Bertz CT molecular complexity index is 7420. The molecule has 1 atom stereocenters. The molecule has 0 aliphatic rings. The van der Waals surface area contributed by atoms with E-state index < -0.39 is 0 Å². The number of rotatable bonds is 19. The van der Waals surface area contributed by atoms with Gasteiger partial charge in [-0.1, -0.05) is 491 Å². The summed E-state index contributed by atoms with van der Waals surface area (Å²) in [6.07, 6.45) is 14.1. The fourth-order valence-electron chi connectivity index (χ4n) is 21.9. The van der Waals surface area contributed by atoms with E-state index in [1.165, 1.54) is 319 Å². The van der Waals surface area contributed by atoms with Gasteiger partial charge in [-0.15, -0.1) is 0 Å². The van der Waals surface area contributed by atoms with Crippen LogP contribution in [0.4, 0.5) is 0 Å². The third-order valence-corrected chi connectivity index (χ3v) is 30.4. The second-order valence-corrected chi connectivity index (χ2v) is 48.0. The van der Waals surface area contributed by atoms with Gasteiger partial charge in [0, 0.05) is 0 Å². The van der Waals surface area contributed by atoms with E-state index in [0.29, 0.717) is 0 Å². The number of hydrogen-bond donors (Lipinski definition) is 0. The van der Waals surface area contributed by atoms with Crippen LogP contribution in [0.3, 0.4) is 0 Å².